The fourth-order valence-corrected chi connectivity index (χ4v) is 2.70. The Bertz CT molecular complexity index is 362. The molecule has 0 aromatic carbocycles. The second-order valence-electron chi connectivity index (χ2n) is 8.97. The minimum atomic E-state index is -0.304. The Morgan fingerprint density at radius 2 is 0.682 bits per heavy atom. The normalized spacial score (nSPS) is 31.4. The van der Waals surface area contributed by atoms with E-state index in [1.165, 1.54) is 0 Å². The Balaban J connectivity index is 2.07. The maximum Gasteiger partial charge on any atom is 0.460 e. The van der Waals surface area contributed by atoms with Crippen molar-refractivity contribution in [1.29, 1.82) is 0 Å². The molecule has 22 heavy (non-hydrogen) atoms. The lowest BCUT2D eigenvalue weighted by atomic mass is 9.54. The summed E-state index contributed by atoms with van der Waals surface area (Å²) in [4.78, 5) is 0. The molecule has 2 heterocycles. The fourth-order valence-electron chi connectivity index (χ4n) is 2.70. The molecule has 0 amide bonds. The van der Waals surface area contributed by atoms with Gasteiger partial charge in [-0.05, 0) is 67.0 Å². The molecule has 0 aliphatic carbocycles. The molecule has 0 saturated carbocycles. The molecular formula is C16H32B2O4. The molecule has 2 saturated heterocycles. The van der Waals surface area contributed by atoms with Crippen molar-refractivity contribution in [2.45, 2.75) is 103 Å². The number of hydrogen-bond donors (Lipinski definition) is 0. The summed E-state index contributed by atoms with van der Waals surface area (Å²) in [7, 11) is -0.474. The summed E-state index contributed by atoms with van der Waals surface area (Å²) in [6.07, 6.45) is 0. The molecule has 0 bridgehead atoms. The van der Waals surface area contributed by atoms with Gasteiger partial charge in [0, 0.05) is 0 Å². The van der Waals surface area contributed by atoms with Crippen molar-refractivity contribution in [3.8, 4) is 0 Å². The highest BCUT2D eigenvalue weighted by atomic mass is 16.7. The molecule has 2 aliphatic heterocycles. The highest BCUT2D eigenvalue weighted by Gasteiger charge is 2.58. The van der Waals surface area contributed by atoms with Crippen molar-refractivity contribution < 1.29 is 18.6 Å². The van der Waals surface area contributed by atoms with Gasteiger partial charge in [0.15, 0.2) is 0 Å². The first-order valence-corrected chi connectivity index (χ1v) is 8.41. The average molecular weight is 310 g/mol. The molecule has 0 unspecified atom stereocenters. The van der Waals surface area contributed by atoms with Gasteiger partial charge in [0.1, 0.15) is 0 Å². The fraction of sp³-hybridized carbons (Fsp3) is 1.00. The van der Waals surface area contributed by atoms with Crippen molar-refractivity contribution in [1.82, 2.24) is 0 Å². The van der Waals surface area contributed by atoms with Gasteiger partial charge in [0.25, 0.3) is 0 Å². The van der Waals surface area contributed by atoms with Crippen LogP contribution in [0.5, 0.6) is 0 Å². The molecular weight excluding hydrogens is 278 g/mol. The number of hydrogen-bond acceptors (Lipinski definition) is 4. The molecule has 2 aliphatic rings. The van der Waals surface area contributed by atoms with Crippen LogP contribution >= 0.6 is 0 Å². The smallest absolute Gasteiger partial charge is 0.403 e. The Hall–Kier alpha value is -0.0301. The van der Waals surface area contributed by atoms with Gasteiger partial charge in [0.2, 0.25) is 0 Å². The predicted octanol–water partition coefficient (Wildman–Crippen LogP) is 3.95. The van der Waals surface area contributed by atoms with Gasteiger partial charge in [-0.25, -0.2) is 0 Å². The van der Waals surface area contributed by atoms with Gasteiger partial charge >= 0.3 is 14.2 Å². The first-order chi connectivity index (χ1) is 9.70. The summed E-state index contributed by atoms with van der Waals surface area (Å²) in [6, 6.07) is 0. The summed E-state index contributed by atoms with van der Waals surface area (Å²) in [5.74, 6) is 0.353. The molecule has 0 spiro atoms. The topological polar surface area (TPSA) is 36.9 Å². The Morgan fingerprint density at radius 1 is 0.500 bits per heavy atom. The number of rotatable bonds is 3. The summed E-state index contributed by atoms with van der Waals surface area (Å²) < 4.78 is 24.7. The van der Waals surface area contributed by atoms with Crippen molar-refractivity contribution >= 4 is 14.2 Å². The molecule has 2 atom stereocenters. The van der Waals surface area contributed by atoms with Gasteiger partial charge in [-0.3, -0.25) is 0 Å². The standard InChI is InChI=1S/C16H32B2O4/c1-11(17-19-13(3,4)14(5,6)20-17)12(2)18-21-15(7,8)16(9,10)22-18/h11-12H,1-10H3/t11-,12-/m1/s1. The highest BCUT2D eigenvalue weighted by molar-refractivity contribution is 6.54. The maximum absolute atomic E-state index is 6.18. The van der Waals surface area contributed by atoms with Gasteiger partial charge in [-0.2, -0.15) is 0 Å². The van der Waals surface area contributed by atoms with E-state index in [0.29, 0.717) is 0 Å². The molecule has 4 nitrogen and oxygen atoms in total. The summed E-state index contributed by atoms with van der Waals surface area (Å²) in [5, 5.41) is 0. The van der Waals surface area contributed by atoms with E-state index in [2.05, 4.69) is 69.2 Å². The molecule has 0 aromatic rings. The maximum atomic E-state index is 6.18. The van der Waals surface area contributed by atoms with Crippen molar-refractivity contribution in [2.75, 3.05) is 0 Å². The largest absolute Gasteiger partial charge is 0.460 e. The Kier molecular flexibility index (Phi) is 4.36. The van der Waals surface area contributed by atoms with Crippen LogP contribution in [0.1, 0.15) is 69.2 Å². The van der Waals surface area contributed by atoms with Crippen molar-refractivity contribution in [3.63, 3.8) is 0 Å². The zero-order valence-corrected chi connectivity index (χ0v) is 15.9. The van der Waals surface area contributed by atoms with Gasteiger partial charge in [-0.15, -0.1) is 0 Å². The molecule has 126 valence electrons. The van der Waals surface area contributed by atoms with E-state index < -0.39 is 0 Å². The third-order valence-electron chi connectivity index (χ3n) is 6.23. The van der Waals surface area contributed by atoms with E-state index in [1.54, 1.807) is 0 Å². The van der Waals surface area contributed by atoms with Crippen LogP contribution in [-0.2, 0) is 18.6 Å². The van der Waals surface area contributed by atoms with Gasteiger partial charge in [-0.1, -0.05) is 13.8 Å². The van der Waals surface area contributed by atoms with Crippen LogP contribution in [0.3, 0.4) is 0 Å². The van der Waals surface area contributed by atoms with Crippen molar-refractivity contribution in [3.05, 3.63) is 0 Å². The minimum absolute atomic E-state index is 0.177. The molecule has 2 fully saturated rings. The highest BCUT2D eigenvalue weighted by Crippen LogP contribution is 2.47. The zero-order valence-electron chi connectivity index (χ0n) is 15.9. The van der Waals surface area contributed by atoms with Crippen LogP contribution in [0.4, 0.5) is 0 Å². The van der Waals surface area contributed by atoms with E-state index in [4.69, 9.17) is 18.6 Å². The molecule has 2 rings (SSSR count). The minimum Gasteiger partial charge on any atom is -0.403 e. The van der Waals surface area contributed by atoms with Crippen LogP contribution in [-0.4, -0.2) is 36.6 Å². The van der Waals surface area contributed by atoms with Gasteiger partial charge < -0.3 is 18.6 Å². The van der Waals surface area contributed by atoms with E-state index in [9.17, 15) is 0 Å². The summed E-state index contributed by atoms with van der Waals surface area (Å²) >= 11 is 0. The van der Waals surface area contributed by atoms with Crippen LogP contribution in [0.25, 0.3) is 0 Å². The van der Waals surface area contributed by atoms with Gasteiger partial charge in [0.05, 0.1) is 22.4 Å². The van der Waals surface area contributed by atoms with Crippen molar-refractivity contribution in [2.24, 2.45) is 0 Å². The lowest BCUT2D eigenvalue weighted by molar-refractivity contribution is 0.00578. The third kappa shape index (κ3) is 2.88. The Labute approximate surface area is 136 Å². The van der Waals surface area contributed by atoms with E-state index in [-0.39, 0.29) is 48.3 Å². The SMILES string of the molecule is C[C@@H](B1OC(C)(C)C(C)(C)O1)[C@@H](C)B1OC(C)(C)C(C)(C)O1. The first kappa shape index (κ1) is 18.3. The average Bonchev–Trinajstić information content (AvgIpc) is 2.67. The predicted molar refractivity (Wildman–Crippen MR) is 91.0 cm³/mol. The monoisotopic (exact) mass is 310 g/mol. The third-order valence-corrected chi connectivity index (χ3v) is 6.23. The van der Waals surface area contributed by atoms with Crippen LogP contribution in [0, 0.1) is 0 Å². The zero-order chi connectivity index (χ0) is 17.1. The molecule has 0 aromatic heterocycles. The van der Waals surface area contributed by atoms with Crippen LogP contribution in [0.15, 0.2) is 0 Å². The molecule has 6 heteroatoms. The second kappa shape index (κ2) is 5.23. The quantitative estimate of drug-likeness (QED) is 0.740. The Morgan fingerprint density at radius 3 is 0.864 bits per heavy atom. The second-order valence-corrected chi connectivity index (χ2v) is 8.97. The lowest BCUT2D eigenvalue weighted by Gasteiger charge is -2.32. The summed E-state index contributed by atoms with van der Waals surface area (Å²) in [6.45, 7) is 21.0. The lowest BCUT2D eigenvalue weighted by Crippen LogP contribution is -2.41. The first-order valence-electron chi connectivity index (χ1n) is 8.41. The molecule has 0 radical (unpaired) electrons. The van der Waals surface area contributed by atoms with Crippen LogP contribution < -0.4 is 0 Å². The van der Waals surface area contributed by atoms with E-state index in [1.807, 2.05) is 0 Å². The molecule has 0 N–H and O–H groups in total. The van der Waals surface area contributed by atoms with E-state index in [0.717, 1.165) is 0 Å². The van der Waals surface area contributed by atoms with Crippen LogP contribution in [0.2, 0.25) is 11.6 Å². The summed E-state index contributed by atoms with van der Waals surface area (Å²) in [5.41, 5.74) is -1.22. The van der Waals surface area contributed by atoms with E-state index >= 15 is 0 Å².